The number of rotatable bonds is 4. The highest BCUT2D eigenvalue weighted by atomic mass is 16.5. The van der Waals surface area contributed by atoms with Crippen LogP contribution in [0, 0.1) is 0 Å². The predicted octanol–water partition coefficient (Wildman–Crippen LogP) is 1.88. The van der Waals surface area contributed by atoms with Gasteiger partial charge in [-0.1, -0.05) is 12.1 Å². The molecule has 0 spiro atoms. The van der Waals surface area contributed by atoms with E-state index < -0.39 is 12.1 Å². The Bertz CT molecular complexity index is 603. The Hall–Kier alpha value is -2.01. The molecule has 0 aliphatic carbocycles. The molecule has 1 N–H and O–H groups in total. The van der Waals surface area contributed by atoms with E-state index in [0.29, 0.717) is 18.0 Å². The number of aromatic nitrogens is 1. The molecule has 0 bridgehead atoms. The number of benzene rings is 1. The summed E-state index contributed by atoms with van der Waals surface area (Å²) in [5, 5.41) is 10.9. The number of hydrogen-bond acceptors (Lipinski definition) is 4. The lowest BCUT2D eigenvalue weighted by Gasteiger charge is -2.13. The van der Waals surface area contributed by atoms with Crippen molar-refractivity contribution in [3.8, 4) is 5.75 Å². The van der Waals surface area contributed by atoms with Gasteiger partial charge in [-0.25, -0.2) is 4.79 Å². The van der Waals surface area contributed by atoms with Gasteiger partial charge in [0.25, 0.3) is 0 Å². The molecule has 0 saturated heterocycles. The highest BCUT2D eigenvalue weighted by Gasteiger charge is 2.24. The van der Waals surface area contributed by atoms with Crippen molar-refractivity contribution < 1.29 is 19.4 Å². The normalized spacial score (nSPS) is 12.4. The number of para-hydroxylation sites is 1. The zero-order valence-corrected chi connectivity index (χ0v) is 11.2. The van der Waals surface area contributed by atoms with E-state index >= 15 is 0 Å². The minimum absolute atomic E-state index is 0.508. The van der Waals surface area contributed by atoms with Gasteiger partial charge in [0.15, 0.2) is 6.10 Å². The summed E-state index contributed by atoms with van der Waals surface area (Å²) in [6, 6.07) is 7.42. The Kier molecular flexibility index (Phi) is 3.76. The van der Waals surface area contributed by atoms with E-state index in [1.54, 1.807) is 13.2 Å². The van der Waals surface area contributed by atoms with Gasteiger partial charge in [-0.15, -0.1) is 0 Å². The Balaban J connectivity index is 2.66. The quantitative estimate of drug-likeness (QED) is 0.855. The fourth-order valence-electron chi connectivity index (χ4n) is 2.28. The van der Waals surface area contributed by atoms with E-state index in [-0.39, 0.29) is 0 Å². The van der Waals surface area contributed by atoms with Gasteiger partial charge in [-0.3, -0.25) is 0 Å². The van der Waals surface area contributed by atoms with Crippen LogP contribution in [-0.4, -0.2) is 29.9 Å². The third-order valence-corrected chi connectivity index (χ3v) is 3.16. The largest absolute Gasteiger partial charge is 0.495 e. The van der Waals surface area contributed by atoms with Gasteiger partial charge in [0.1, 0.15) is 5.75 Å². The first-order valence-corrected chi connectivity index (χ1v) is 6.06. The molecule has 19 heavy (non-hydrogen) atoms. The van der Waals surface area contributed by atoms with Crippen LogP contribution in [-0.2, 0) is 16.1 Å². The molecule has 2 aromatic rings. The highest BCUT2D eigenvalue weighted by Crippen LogP contribution is 2.31. The van der Waals surface area contributed by atoms with Crippen LogP contribution in [0.15, 0.2) is 24.3 Å². The van der Waals surface area contributed by atoms with Crippen LogP contribution in [0.3, 0.4) is 0 Å². The third kappa shape index (κ3) is 2.17. The average Bonchev–Trinajstić information content (AvgIpc) is 2.83. The number of methoxy groups -OCH3 is 2. The Morgan fingerprint density at radius 1 is 1.42 bits per heavy atom. The van der Waals surface area contributed by atoms with Crippen molar-refractivity contribution in [2.24, 2.45) is 0 Å². The van der Waals surface area contributed by atoms with Crippen LogP contribution in [0.2, 0.25) is 0 Å². The molecule has 1 atom stereocenters. The maximum Gasteiger partial charge on any atom is 0.340 e. The number of carbonyl (C=O) groups excluding carboxylic acids is 1. The molecular formula is C14H17NO4. The molecule has 0 fully saturated rings. The van der Waals surface area contributed by atoms with Crippen molar-refractivity contribution in [2.75, 3.05) is 14.2 Å². The zero-order valence-electron chi connectivity index (χ0n) is 11.2. The fourth-order valence-corrected chi connectivity index (χ4v) is 2.28. The second-order valence-electron chi connectivity index (χ2n) is 4.14. The molecule has 1 unspecified atom stereocenters. The van der Waals surface area contributed by atoms with Gasteiger partial charge < -0.3 is 19.1 Å². The number of esters is 1. The van der Waals surface area contributed by atoms with Gasteiger partial charge >= 0.3 is 5.97 Å². The predicted molar refractivity (Wildman–Crippen MR) is 71.1 cm³/mol. The summed E-state index contributed by atoms with van der Waals surface area (Å²) in [6.45, 7) is 2.56. The van der Waals surface area contributed by atoms with Crippen molar-refractivity contribution in [3.63, 3.8) is 0 Å². The number of aliphatic hydroxyl groups excluding tert-OH is 1. The summed E-state index contributed by atoms with van der Waals surface area (Å²) in [5.41, 5.74) is 1.37. The summed E-state index contributed by atoms with van der Waals surface area (Å²) in [5.74, 6) is 0.0409. The van der Waals surface area contributed by atoms with Crippen LogP contribution in [0.1, 0.15) is 18.7 Å². The molecule has 5 nitrogen and oxygen atoms in total. The molecule has 102 valence electrons. The van der Waals surface area contributed by atoms with Gasteiger partial charge in [0.05, 0.1) is 25.4 Å². The zero-order chi connectivity index (χ0) is 14.0. The maximum absolute atomic E-state index is 11.5. The molecule has 5 heteroatoms. The van der Waals surface area contributed by atoms with E-state index in [1.165, 1.54) is 7.11 Å². The maximum atomic E-state index is 11.5. The lowest BCUT2D eigenvalue weighted by molar-refractivity contribution is -0.151. The molecule has 0 saturated carbocycles. The second kappa shape index (κ2) is 5.32. The van der Waals surface area contributed by atoms with Gasteiger partial charge in [-0.2, -0.15) is 0 Å². The molecule has 0 amide bonds. The molecular weight excluding hydrogens is 246 g/mol. The van der Waals surface area contributed by atoms with Crippen LogP contribution >= 0.6 is 0 Å². The molecule has 1 aromatic carbocycles. The molecule has 0 aliphatic heterocycles. The summed E-state index contributed by atoms with van der Waals surface area (Å²) in [4.78, 5) is 11.5. The van der Waals surface area contributed by atoms with Gasteiger partial charge in [-0.05, 0) is 19.1 Å². The summed E-state index contributed by atoms with van der Waals surface area (Å²) >= 11 is 0. The number of fused-ring (bicyclic) bond motifs is 1. The highest BCUT2D eigenvalue weighted by molar-refractivity contribution is 5.89. The monoisotopic (exact) mass is 263 g/mol. The summed E-state index contributed by atoms with van der Waals surface area (Å²) < 4.78 is 11.8. The van der Waals surface area contributed by atoms with E-state index in [2.05, 4.69) is 4.74 Å². The van der Waals surface area contributed by atoms with Gasteiger partial charge in [0, 0.05) is 11.9 Å². The second-order valence-corrected chi connectivity index (χ2v) is 4.14. The Labute approximate surface area is 111 Å². The van der Waals surface area contributed by atoms with E-state index in [1.807, 2.05) is 29.7 Å². The SMILES string of the molecule is CCn1c(C(O)C(=O)OC)cc2cccc(OC)c21. The Morgan fingerprint density at radius 3 is 2.74 bits per heavy atom. The number of aryl methyl sites for hydroxylation is 1. The van der Waals surface area contributed by atoms with Crippen LogP contribution < -0.4 is 4.74 Å². The van der Waals surface area contributed by atoms with Crippen molar-refractivity contribution >= 4 is 16.9 Å². The average molecular weight is 263 g/mol. The minimum Gasteiger partial charge on any atom is -0.495 e. The number of hydrogen-bond donors (Lipinski definition) is 1. The lowest BCUT2D eigenvalue weighted by Crippen LogP contribution is -2.17. The van der Waals surface area contributed by atoms with Crippen molar-refractivity contribution in [1.82, 2.24) is 4.57 Å². The molecule has 1 aromatic heterocycles. The van der Waals surface area contributed by atoms with Gasteiger partial charge in [0.2, 0.25) is 0 Å². The third-order valence-electron chi connectivity index (χ3n) is 3.16. The number of nitrogens with zero attached hydrogens (tertiary/aromatic N) is 1. The van der Waals surface area contributed by atoms with E-state index in [9.17, 15) is 9.90 Å². The van der Waals surface area contributed by atoms with Crippen LogP contribution in [0.4, 0.5) is 0 Å². The van der Waals surface area contributed by atoms with E-state index in [0.717, 1.165) is 10.9 Å². The topological polar surface area (TPSA) is 60.7 Å². The lowest BCUT2D eigenvalue weighted by atomic mass is 10.2. The van der Waals surface area contributed by atoms with E-state index in [4.69, 9.17) is 4.74 Å². The Morgan fingerprint density at radius 2 is 2.16 bits per heavy atom. The molecule has 1 heterocycles. The molecule has 0 aliphatic rings. The minimum atomic E-state index is -1.29. The standard InChI is InChI=1S/C14H17NO4/c1-4-15-10(13(16)14(17)19-3)8-9-6-5-7-11(18-2)12(9)15/h5-8,13,16H,4H2,1-3H3. The first-order chi connectivity index (χ1) is 9.13. The van der Waals surface area contributed by atoms with Crippen molar-refractivity contribution in [3.05, 3.63) is 30.0 Å². The molecule has 2 rings (SSSR count). The number of aliphatic hydroxyl groups is 1. The first kappa shape index (κ1) is 13.4. The number of carbonyl (C=O) groups is 1. The first-order valence-electron chi connectivity index (χ1n) is 6.06. The smallest absolute Gasteiger partial charge is 0.340 e. The van der Waals surface area contributed by atoms with Crippen molar-refractivity contribution in [2.45, 2.75) is 19.6 Å². The molecule has 0 radical (unpaired) electrons. The van der Waals surface area contributed by atoms with Crippen LogP contribution in [0.25, 0.3) is 10.9 Å². The summed E-state index contributed by atoms with van der Waals surface area (Å²) in [7, 11) is 2.85. The fraction of sp³-hybridized carbons (Fsp3) is 0.357. The number of ether oxygens (including phenoxy) is 2. The van der Waals surface area contributed by atoms with Crippen molar-refractivity contribution in [1.29, 1.82) is 0 Å². The van der Waals surface area contributed by atoms with Crippen LogP contribution in [0.5, 0.6) is 5.75 Å². The summed E-state index contributed by atoms with van der Waals surface area (Å²) in [6.07, 6.45) is -1.29.